The number of H-pyrrole nitrogens is 1. The van der Waals surface area contributed by atoms with Crippen molar-refractivity contribution in [3.8, 4) is 11.3 Å². The molecule has 0 unspecified atom stereocenters. The third-order valence-electron chi connectivity index (χ3n) is 3.87. The highest BCUT2D eigenvalue weighted by atomic mass is 19.4. The molecule has 0 aliphatic carbocycles. The number of hydrogen-bond donors (Lipinski definition) is 1. The molecule has 1 N–H and O–H groups in total. The molecule has 3 rings (SSSR count). The van der Waals surface area contributed by atoms with Crippen molar-refractivity contribution in [2.75, 3.05) is 0 Å². The van der Waals surface area contributed by atoms with Gasteiger partial charge in [0, 0.05) is 16.5 Å². The van der Waals surface area contributed by atoms with E-state index < -0.39 is 11.7 Å². The molecule has 3 aromatic rings. The van der Waals surface area contributed by atoms with E-state index >= 15 is 0 Å². The van der Waals surface area contributed by atoms with Crippen LogP contribution in [0.2, 0.25) is 0 Å². The van der Waals surface area contributed by atoms with Crippen LogP contribution < -0.4 is 0 Å². The van der Waals surface area contributed by atoms with Crippen LogP contribution in [0.1, 0.15) is 27.0 Å². The Hall–Kier alpha value is -2.56. The second kappa shape index (κ2) is 5.26. The maximum atomic E-state index is 12.9. The molecule has 0 atom stereocenters. The fourth-order valence-corrected chi connectivity index (χ4v) is 2.95. The van der Waals surface area contributed by atoms with Crippen molar-refractivity contribution in [3.63, 3.8) is 0 Å². The van der Waals surface area contributed by atoms with Gasteiger partial charge in [0.25, 0.3) is 0 Å². The van der Waals surface area contributed by atoms with E-state index in [1.54, 1.807) is 6.07 Å². The molecule has 118 valence electrons. The molecule has 0 aliphatic heterocycles. The largest absolute Gasteiger partial charge is 0.416 e. The minimum absolute atomic E-state index is 0.343. The maximum Gasteiger partial charge on any atom is 0.416 e. The molecule has 0 saturated heterocycles. The van der Waals surface area contributed by atoms with Crippen molar-refractivity contribution in [1.29, 1.82) is 0 Å². The fraction of sp³-hybridized carbons (Fsp3) is 0.167. The SMILES string of the molecule is Cc1cc(C)c2c(C=O)c(-c3cccc(C(F)(F)F)c3)[nH]c2c1. The van der Waals surface area contributed by atoms with Gasteiger partial charge in [0.2, 0.25) is 0 Å². The average molecular weight is 317 g/mol. The maximum absolute atomic E-state index is 12.9. The number of alkyl halides is 3. The van der Waals surface area contributed by atoms with Crippen LogP contribution in [0.15, 0.2) is 36.4 Å². The lowest BCUT2D eigenvalue weighted by Crippen LogP contribution is -2.04. The summed E-state index contributed by atoms with van der Waals surface area (Å²) in [5, 5.41) is 0.748. The molecule has 5 heteroatoms. The van der Waals surface area contributed by atoms with Crippen molar-refractivity contribution in [2.45, 2.75) is 20.0 Å². The number of hydrogen-bond acceptors (Lipinski definition) is 1. The number of aldehydes is 1. The highest BCUT2D eigenvalue weighted by molar-refractivity contribution is 6.06. The van der Waals surface area contributed by atoms with Gasteiger partial charge in [0.05, 0.1) is 11.3 Å². The van der Waals surface area contributed by atoms with Crippen LogP contribution in [-0.4, -0.2) is 11.3 Å². The minimum atomic E-state index is -4.42. The first-order chi connectivity index (χ1) is 10.8. The zero-order valence-corrected chi connectivity index (χ0v) is 12.6. The van der Waals surface area contributed by atoms with Gasteiger partial charge in [-0.15, -0.1) is 0 Å². The average Bonchev–Trinajstić information content (AvgIpc) is 2.85. The number of nitrogens with one attached hydrogen (secondary N) is 1. The van der Waals surface area contributed by atoms with Crippen LogP contribution in [-0.2, 0) is 6.18 Å². The molecular weight excluding hydrogens is 303 g/mol. The summed E-state index contributed by atoms with van der Waals surface area (Å²) >= 11 is 0. The second-order valence-electron chi connectivity index (χ2n) is 5.61. The smallest absolute Gasteiger partial charge is 0.354 e. The number of aryl methyl sites for hydroxylation is 2. The Morgan fingerprint density at radius 2 is 1.83 bits per heavy atom. The van der Waals surface area contributed by atoms with Crippen molar-refractivity contribution in [1.82, 2.24) is 4.98 Å². The van der Waals surface area contributed by atoms with E-state index in [0.717, 1.165) is 34.2 Å². The number of fused-ring (bicyclic) bond motifs is 1. The molecule has 1 aromatic heterocycles. The Balaban J connectivity index is 2.29. The molecule has 1 heterocycles. The molecule has 0 amide bonds. The standard InChI is InChI=1S/C18H14F3NO/c1-10-6-11(2)16-14(9-23)17(22-15(16)7-10)12-4-3-5-13(8-12)18(19,20)21/h3-9,22H,1-2H3. The molecule has 0 saturated carbocycles. The first-order valence-electron chi connectivity index (χ1n) is 7.07. The zero-order valence-electron chi connectivity index (χ0n) is 12.6. The van der Waals surface area contributed by atoms with E-state index in [0.29, 0.717) is 23.1 Å². The fourth-order valence-electron chi connectivity index (χ4n) is 2.95. The third-order valence-corrected chi connectivity index (χ3v) is 3.87. The van der Waals surface area contributed by atoms with Gasteiger partial charge in [-0.05, 0) is 48.7 Å². The Labute approximate surface area is 130 Å². The number of aromatic nitrogens is 1. The zero-order chi connectivity index (χ0) is 16.8. The Kier molecular flexibility index (Phi) is 3.51. The van der Waals surface area contributed by atoms with E-state index in [2.05, 4.69) is 4.98 Å². The molecule has 0 radical (unpaired) electrons. The quantitative estimate of drug-likeness (QED) is 0.641. The van der Waals surface area contributed by atoms with E-state index in [-0.39, 0.29) is 0 Å². The van der Waals surface area contributed by atoms with Gasteiger partial charge in [-0.3, -0.25) is 4.79 Å². The number of aromatic amines is 1. The van der Waals surface area contributed by atoms with E-state index in [1.165, 1.54) is 6.07 Å². The van der Waals surface area contributed by atoms with Crippen LogP contribution in [0.25, 0.3) is 22.2 Å². The van der Waals surface area contributed by atoms with Crippen LogP contribution in [0, 0.1) is 13.8 Å². The van der Waals surface area contributed by atoms with Gasteiger partial charge in [-0.25, -0.2) is 0 Å². The lowest BCUT2D eigenvalue weighted by atomic mass is 10.0. The lowest BCUT2D eigenvalue weighted by Gasteiger charge is -2.08. The van der Waals surface area contributed by atoms with Gasteiger partial charge in [0.1, 0.15) is 0 Å². The Morgan fingerprint density at radius 3 is 2.48 bits per heavy atom. The lowest BCUT2D eigenvalue weighted by molar-refractivity contribution is -0.137. The summed E-state index contributed by atoms with van der Waals surface area (Å²) in [5.41, 5.74) is 3.08. The molecule has 0 spiro atoms. The van der Waals surface area contributed by atoms with Gasteiger partial charge in [-0.2, -0.15) is 13.2 Å². The monoisotopic (exact) mass is 317 g/mol. The number of benzene rings is 2. The second-order valence-corrected chi connectivity index (χ2v) is 5.61. The summed E-state index contributed by atoms with van der Waals surface area (Å²) in [6, 6.07) is 8.80. The van der Waals surface area contributed by atoms with Gasteiger partial charge in [0.15, 0.2) is 6.29 Å². The summed E-state index contributed by atoms with van der Waals surface area (Å²) in [7, 11) is 0. The number of halogens is 3. The summed E-state index contributed by atoms with van der Waals surface area (Å²) in [6.07, 6.45) is -3.73. The summed E-state index contributed by atoms with van der Waals surface area (Å²) in [5.74, 6) is 0. The highest BCUT2D eigenvalue weighted by Crippen LogP contribution is 2.35. The van der Waals surface area contributed by atoms with Gasteiger partial charge >= 0.3 is 6.18 Å². The molecule has 23 heavy (non-hydrogen) atoms. The predicted octanol–water partition coefficient (Wildman–Crippen LogP) is 5.28. The van der Waals surface area contributed by atoms with E-state index in [9.17, 15) is 18.0 Å². The van der Waals surface area contributed by atoms with Gasteiger partial charge < -0.3 is 4.98 Å². The molecule has 2 nitrogen and oxygen atoms in total. The van der Waals surface area contributed by atoms with Crippen LogP contribution in [0.3, 0.4) is 0 Å². The van der Waals surface area contributed by atoms with Crippen LogP contribution >= 0.6 is 0 Å². The van der Waals surface area contributed by atoms with Crippen molar-refractivity contribution in [2.24, 2.45) is 0 Å². The highest BCUT2D eigenvalue weighted by Gasteiger charge is 2.30. The molecular formula is C18H14F3NO. The number of rotatable bonds is 2. The Morgan fingerprint density at radius 1 is 1.09 bits per heavy atom. The predicted molar refractivity (Wildman–Crippen MR) is 83.6 cm³/mol. The summed E-state index contributed by atoms with van der Waals surface area (Å²) in [4.78, 5) is 14.6. The minimum Gasteiger partial charge on any atom is -0.354 e. The number of carbonyl (C=O) groups is 1. The molecule has 0 fully saturated rings. The van der Waals surface area contributed by atoms with Gasteiger partial charge in [-0.1, -0.05) is 18.2 Å². The topological polar surface area (TPSA) is 32.9 Å². The van der Waals surface area contributed by atoms with Crippen LogP contribution in [0.4, 0.5) is 13.2 Å². The van der Waals surface area contributed by atoms with Crippen molar-refractivity contribution in [3.05, 3.63) is 58.7 Å². The van der Waals surface area contributed by atoms with E-state index in [4.69, 9.17) is 0 Å². The Bertz CT molecular complexity index is 907. The summed E-state index contributed by atoms with van der Waals surface area (Å²) in [6.45, 7) is 3.81. The van der Waals surface area contributed by atoms with Crippen molar-refractivity contribution >= 4 is 17.2 Å². The molecule has 0 aliphatic rings. The third kappa shape index (κ3) is 2.63. The molecule has 0 bridgehead atoms. The molecule has 2 aromatic carbocycles. The first-order valence-corrected chi connectivity index (χ1v) is 7.07. The van der Waals surface area contributed by atoms with E-state index in [1.807, 2.05) is 26.0 Å². The summed E-state index contributed by atoms with van der Waals surface area (Å²) < 4.78 is 38.7. The first kappa shape index (κ1) is 15.3. The normalized spacial score (nSPS) is 11.9. The number of carbonyl (C=O) groups excluding carboxylic acids is 1. The van der Waals surface area contributed by atoms with Crippen molar-refractivity contribution < 1.29 is 18.0 Å². The van der Waals surface area contributed by atoms with Crippen LogP contribution in [0.5, 0.6) is 0 Å².